The van der Waals surface area contributed by atoms with Crippen molar-refractivity contribution in [2.24, 2.45) is 5.92 Å². The molecule has 0 aliphatic heterocycles. The first-order chi connectivity index (χ1) is 9.93. The minimum Gasteiger partial charge on any atom is -0.497 e. The van der Waals surface area contributed by atoms with Gasteiger partial charge >= 0.3 is 0 Å². The van der Waals surface area contributed by atoms with Crippen molar-refractivity contribution in [3.8, 4) is 5.75 Å². The molecule has 0 saturated carbocycles. The number of rotatable bonds is 6. The Balaban J connectivity index is 2.54. The minimum atomic E-state index is 0.485. The minimum absolute atomic E-state index is 0.485. The maximum Gasteiger partial charge on any atom is 0.119 e. The van der Waals surface area contributed by atoms with E-state index in [0.717, 1.165) is 18.8 Å². The molecule has 0 spiro atoms. The highest BCUT2D eigenvalue weighted by atomic mass is 16.5. The van der Waals surface area contributed by atoms with Crippen LogP contribution in [-0.4, -0.2) is 17.7 Å². The van der Waals surface area contributed by atoms with Gasteiger partial charge in [0.25, 0.3) is 0 Å². The van der Waals surface area contributed by atoms with Crippen LogP contribution in [0.3, 0.4) is 0 Å². The number of nitrogens with one attached hydrogen (secondary N) is 1. The fraction of sp³-hybridized carbons (Fsp3) is 0.556. The standard InChI is InChI=1S/C18H28N2O/c1-12(2)11-20-14(5)17(10-19-13(3)4)16-9-15(21-6)7-8-18(16)20/h7-9,12-13,19H,10-11H2,1-6H3. The molecular formula is C18H28N2O. The molecule has 21 heavy (non-hydrogen) atoms. The van der Waals surface area contributed by atoms with Gasteiger partial charge in [-0.05, 0) is 36.6 Å². The highest BCUT2D eigenvalue weighted by Gasteiger charge is 2.15. The zero-order chi connectivity index (χ0) is 15.6. The van der Waals surface area contributed by atoms with E-state index < -0.39 is 0 Å². The van der Waals surface area contributed by atoms with E-state index in [4.69, 9.17) is 4.74 Å². The summed E-state index contributed by atoms with van der Waals surface area (Å²) in [6, 6.07) is 6.88. The van der Waals surface area contributed by atoms with Gasteiger partial charge in [0.05, 0.1) is 7.11 Å². The van der Waals surface area contributed by atoms with Gasteiger partial charge in [-0.25, -0.2) is 0 Å². The largest absolute Gasteiger partial charge is 0.497 e. The molecule has 0 unspecified atom stereocenters. The molecule has 1 aromatic carbocycles. The second kappa shape index (κ2) is 6.52. The van der Waals surface area contributed by atoms with Crippen LogP contribution in [0, 0.1) is 12.8 Å². The van der Waals surface area contributed by atoms with E-state index >= 15 is 0 Å². The molecule has 0 saturated heterocycles. The van der Waals surface area contributed by atoms with Gasteiger partial charge in [-0.1, -0.05) is 27.7 Å². The first-order valence-corrected chi connectivity index (χ1v) is 7.83. The van der Waals surface area contributed by atoms with Gasteiger partial charge in [-0.2, -0.15) is 0 Å². The number of fused-ring (bicyclic) bond motifs is 1. The van der Waals surface area contributed by atoms with Gasteiger partial charge < -0.3 is 14.6 Å². The number of hydrogen-bond acceptors (Lipinski definition) is 2. The Kier molecular flexibility index (Phi) is 4.94. The number of methoxy groups -OCH3 is 1. The second-order valence-corrected chi connectivity index (χ2v) is 6.49. The Morgan fingerprint density at radius 3 is 2.48 bits per heavy atom. The molecule has 116 valence electrons. The van der Waals surface area contributed by atoms with Crippen molar-refractivity contribution in [1.29, 1.82) is 0 Å². The first-order valence-electron chi connectivity index (χ1n) is 7.83. The molecule has 0 aliphatic rings. The highest BCUT2D eigenvalue weighted by molar-refractivity contribution is 5.87. The number of hydrogen-bond donors (Lipinski definition) is 1. The summed E-state index contributed by atoms with van der Waals surface area (Å²) in [4.78, 5) is 0. The molecule has 2 aromatic rings. The Morgan fingerprint density at radius 1 is 1.19 bits per heavy atom. The summed E-state index contributed by atoms with van der Waals surface area (Å²) in [7, 11) is 1.73. The molecule has 3 nitrogen and oxygen atoms in total. The monoisotopic (exact) mass is 288 g/mol. The topological polar surface area (TPSA) is 26.2 Å². The average Bonchev–Trinajstić information content (AvgIpc) is 2.68. The normalized spacial score (nSPS) is 11.8. The molecule has 1 heterocycles. The summed E-state index contributed by atoms with van der Waals surface area (Å²) in [5.74, 6) is 1.56. The SMILES string of the molecule is COc1ccc2c(c1)c(CNC(C)C)c(C)n2CC(C)C. The van der Waals surface area contributed by atoms with Crippen molar-refractivity contribution in [2.75, 3.05) is 7.11 Å². The zero-order valence-electron chi connectivity index (χ0n) is 14.2. The fourth-order valence-electron chi connectivity index (χ4n) is 2.79. The third-order valence-corrected chi connectivity index (χ3v) is 3.90. The lowest BCUT2D eigenvalue weighted by molar-refractivity contribution is 0.415. The molecule has 0 radical (unpaired) electrons. The summed E-state index contributed by atoms with van der Waals surface area (Å²) in [5.41, 5.74) is 4.06. The second-order valence-electron chi connectivity index (χ2n) is 6.49. The maximum atomic E-state index is 5.40. The molecule has 1 N–H and O–H groups in total. The molecule has 2 rings (SSSR count). The van der Waals surface area contributed by atoms with Crippen LogP contribution < -0.4 is 10.1 Å². The van der Waals surface area contributed by atoms with Crippen molar-refractivity contribution >= 4 is 10.9 Å². The summed E-state index contributed by atoms with van der Waals surface area (Å²) in [6.07, 6.45) is 0. The predicted octanol–water partition coefficient (Wildman–Crippen LogP) is 4.11. The number of nitrogens with zero attached hydrogens (tertiary/aromatic N) is 1. The lowest BCUT2D eigenvalue weighted by Crippen LogP contribution is -2.22. The predicted molar refractivity (Wildman–Crippen MR) is 90.0 cm³/mol. The van der Waals surface area contributed by atoms with Crippen LogP contribution in [0.25, 0.3) is 10.9 Å². The molecule has 0 atom stereocenters. The van der Waals surface area contributed by atoms with E-state index in [9.17, 15) is 0 Å². The molecule has 1 aromatic heterocycles. The molecule has 0 bridgehead atoms. The summed E-state index contributed by atoms with van der Waals surface area (Å²) >= 11 is 0. The maximum absolute atomic E-state index is 5.40. The van der Waals surface area contributed by atoms with Gasteiger partial charge in [0, 0.05) is 35.7 Å². The Morgan fingerprint density at radius 2 is 1.90 bits per heavy atom. The van der Waals surface area contributed by atoms with Crippen molar-refractivity contribution in [2.45, 2.75) is 53.8 Å². The van der Waals surface area contributed by atoms with Crippen molar-refractivity contribution < 1.29 is 4.74 Å². The van der Waals surface area contributed by atoms with E-state index in [1.165, 1.54) is 22.2 Å². The average molecular weight is 288 g/mol. The number of ether oxygens (including phenoxy) is 1. The van der Waals surface area contributed by atoms with E-state index in [-0.39, 0.29) is 0 Å². The van der Waals surface area contributed by atoms with E-state index in [1.807, 2.05) is 0 Å². The van der Waals surface area contributed by atoms with Gasteiger partial charge in [-0.15, -0.1) is 0 Å². The lowest BCUT2D eigenvalue weighted by atomic mass is 10.1. The Labute approximate surface area is 128 Å². The molecule has 0 aliphatic carbocycles. The van der Waals surface area contributed by atoms with Crippen molar-refractivity contribution in [1.82, 2.24) is 9.88 Å². The third-order valence-electron chi connectivity index (χ3n) is 3.90. The van der Waals surface area contributed by atoms with Crippen LogP contribution >= 0.6 is 0 Å². The quantitative estimate of drug-likeness (QED) is 0.865. The van der Waals surface area contributed by atoms with Crippen LogP contribution in [0.15, 0.2) is 18.2 Å². The van der Waals surface area contributed by atoms with Crippen molar-refractivity contribution in [3.05, 3.63) is 29.5 Å². The summed E-state index contributed by atoms with van der Waals surface area (Å²) in [5, 5.41) is 4.85. The van der Waals surface area contributed by atoms with Crippen molar-refractivity contribution in [3.63, 3.8) is 0 Å². The van der Waals surface area contributed by atoms with Crippen LogP contribution in [0.1, 0.15) is 39.0 Å². The smallest absolute Gasteiger partial charge is 0.119 e. The van der Waals surface area contributed by atoms with Crippen LogP contribution in [0.5, 0.6) is 5.75 Å². The zero-order valence-corrected chi connectivity index (χ0v) is 14.2. The van der Waals surface area contributed by atoms with E-state index in [0.29, 0.717) is 12.0 Å². The van der Waals surface area contributed by atoms with Crippen LogP contribution in [0.4, 0.5) is 0 Å². The Bertz CT molecular complexity index is 611. The lowest BCUT2D eigenvalue weighted by Gasteiger charge is -2.12. The number of benzene rings is 1. The van der Waals surface area contributed by atoms with Crippen LogP contribution in [-0.2, 0) is 13.1 Å². The third kappa shape index (κ3) is 3.41. The van der Waals surface area contributed by atoms with Gasteiger partial charge in [0.1, 0.15) is 5.75 Å². The molecule has 0 amide bonds. The first kappa shape index (κ1) is 15.9. The molecule has 0 fully saturated rings. The van der Waals surface area contributed by atoms with Crippen LogP contribution in [0.2, 0.25) is 0 Å². The number of aromatic nitrogens is 1. The summed E-state index contributed by atoms with van der Waals surface area (Å²) < 4.78 is 7.84. The highest BCUT2D eigenvalue weighted by Crippen LogP contribution is 2.30. The van der Waals surface area contributed by atoms with Gasteiger partial charge in [0.15, 0.2) is 0 Å². The van der Waals surface area contributed by atoms with E-state index in [1.54, 1.807) is 7.11 Å². The van der Waals surface area contributed by atoms with E-state index in [2.05, 4.69) is 62.7 Å². The van der Waals surface area contributed by atoms with Gasteiger partial charge in [0.2, 0.25) is 0 Å². The van der Waals surface area contributed by atoms with Gasteiger partial charge in [-0.3, -0.25) is 0 Å². The summed E-state index contributed by atoms with van der Waals surface area (Å²) in [6.45, 7) is 13.1. The Hall–Kier alpha value is -1.48. The molecule has 3 heteroatoms. The fourth-order valence-corrected chi connectivity index (χ4v) is 2.79. The molecular weight excluding hydrogens is 260 g/mol.